The molecule has 0 fully saturated rings. The van der Waals surface area contributed by atoms with Crippen LogP contribution in [0.5, 0.6) is 5.75 Å². The molecular weight excluding hydrogens is 216 g/mol. The first-order valence-electron chi connectivity index (χ1n) is 5.14. The van der Waals surface area contributed by atoms with E-state index in [1.807, 2.05) is 13.0 Å². The molecule has 88 valence electrons. The van der Waals surface area contributed by atoms with Crippen molar-refractivity contribution in [2.45, 2.75) is 6.92 Å². The Hall–Kier alpha value is -2.36. The number of benzene rings is 1. The van der Waals surface area contributed by atoms with Crippen LogP contribution in [0.3, 0.4) is 0 Å². The molecule has 17 heavy (non-hydrogen) atoms. The molecule has 0 aromatic heterocycles. The summed E-state index contributed by atoms with van der Waals surface area (Å²) in [6.45, 7) is 1.87. The minimum Gasteiger partial charge on any atom is -0.508 e. The zero-order chi connectivity index (χ0) is 12.5. The van der Waals surface area contributed by atoms with Gasteiger partial charge in [0, 0.05) is 6.08 Å². The summed E-state index contributed by atoms with van der Waals surface area (Å²) in [6, 6.07) is 6.49. The third kappa shape index (κ3) is 5.32. The summed E-state index contributed by atoms with van der Waals surface area (Å²) >= 11 is 0. The van der Waals surface area contributed by atoms with E-state index in [1.54, 1.807) is 36.4 Å². The van der Waals surface area contributed by atoms with Gasteiger partial charge < -0.3 is 5.11 Å². The average Bonchev–Trinajstić information content (AvgIpc) is 2.32. The molecule has 0 heterocycles. The standard InChI is InChI=1S/C13H14N2O2/c1-2-3-4-5-13(17)15-14-10-11-6-8-12(16)9-7-11/h2-10,16H,1H3,(H,15,17)/b3-2+,5-4+,14-10+. The molecule has 1 aromatic rings. The van der Waals surface area contributed by atoms with E-state index in [2.05, 4.69) is 10.5 Å². The Balaban J connectivity index is 2.45. The van der Waals surface area contributed by atoms with Crippen molar-refractivity contribution in [1.82, 2.24) is 5.43 Å². The molecule has 2 N–H and O–H groups in total. The number of hydrogen-bond acceptors (Lipinski definition) is 3. The highest BCUT2D eigenvalue weighted by Crippen LogP contribution is 2.07. The molecule has 1 amide bonds. The van der Waals surface area contributed by atoms with Crippen LogP contribution in [0.1, 0.15) is 12.5 Å². The van der Waals surface area contributed by atoms with Crippen LogP contribution in [-0.2, 0) is 4.79 Å². The Bertz CT molecular complexity index is 445. The largest absolute Gasteiger partial charge is 0.508 e. The lowest BCUT2D eigenvalue weighted by molar-refractivity contribution is -0.116. The predicted octanol–water partition coefficient (Wildman–Crippen LogP) is 1.97. The van der Waals surface area contributed by atoms with E-state index < -0.39 is 0 Å². The number of nitrogens with one attached hydrogen (secondary N) is 1. The molecule has 0 radical (unpaired) electrons. The molecule has 0 bridgehead atoms. The van der Waals surface area contributed by atoms with Crippen molar-refractivity contribution in [2.24, 2.45) is 5.10 Å². The number of rotatable bonds is 4. The summed E-state index contributed by atoms with van der Waals surface area (Å²) in [5.41, 5.74) is 3.14. The third-order valence-electron chi connectivity index (χ3n) is 1.83. The van der Waals surface area contributed by atoms with Crippen molar-refractivity contribution in [3.63, 3.8) is 0 Å². The molecule has 0 atom stereocenters. The number of aromatic hydroxyl groups is 1. The third-order valence-corrected chi connectivity index (χ3v) is 1.83. The second kappa shape index (κ2) is 7.00. The Kier molecular flexibility index (Phi) is 5.24. The fourth-order valence-corrected chi connectivity index (χ4v) is 1.02. The SMILES string of the molecule is C/C=C/C=C/C(=O)N/N=C/c1ccc(O)cc1. The molecule has 1 aromatic carbocycles. The lowest BCUT2D eigenvalue weighted by Crippen LogP contribution is -2.13. The molecule has 0 unspecified atom stereocenters. The van der Waals surface area contributed by atoms with Gasteiger partial charge >= 0.3 is 0 Å². The van der Waals surface area contributed by atoms with Gasteiger partial charge in [-0.05, 0) is 36.8 Å². The topological polar surface area (TPSA) is 61.7 Å². The van der Waals surface area contributed by atoms with E-state index in [4.69, 9.17) is 5.11 Å². The lowest BCUT2D eigenvalue weighted by Gasteiger charge is -1.94. The monoisotopic (exact) mass is 230 g/mol. The zero-order valence-corrected chi connectivity index (χ0v) is 9.50. The van der Waals surface area contributed by atoms with Gasteiger partial charge in [-0.1, -0.05) is 18.2 Å². The number of hydrazone groups is 1. The number of amides is 1. The maximum Gasteiger partial charge on any atom is 0.264 e. The second-order valence-electron chi connectivity index (χ2n) is 3.21. The first kappa shape index (κ1) is 12.7. The maximum absolute atomic E-state index is 11.2. The molecule has 0 aliphatic rings. The smallest absolute Gasteiger partial charge is 0.264 e. The highest BCUT2D eigenvalue weighted by Gasteiger charge is 1.91. The lowest BCUT2D eigenvalue weighted by atomic mass is 10.2. The van der Waals surface area contributed by atoms with E-state index in [-0.39, 0.29) is 11.7 Å². The molecule has 1 rings (SSSR count). The second-order valence-corrected chi connectivity index (χ2v) is 3.21. The summed E-state index contributed by atoms with van der Waals surface area (Å²) < 4.78 is 0. The van der Waals surface area contributed by atoms with Gasteiger partial charge in [-0.15, -0.1) is 0 Å². The van der Waals surface area contributed by atoms with E-state index in [9.17, 15) is 4.79 Å². The van der Waals surface area contributed by atoms with Crippen LogP contribution in [0.25, 0.3) is 0 Å². The number of allylic oxidation sites excluding steroid dienone is 3. The highest BCUT2D eigenvalue weighted by atomic mass is 16.3. The van der Waals surface area contributed by atoms with Gasteiger partial charge in [-0.25, -0.2) is 5.43 Å². The van der Waals surface area contributed by atoms with E-state index in [0.717, 1.165) is 5.56 Å². The summed E-state index contributed by atoms with van der Waals surface area (Å²) in [5, 5.41) is 12.8. The van der Waals surface area contributed by atoms with Crippen LogP contribution in [0.2, 0.25) is 0 Å². The summed E-state index contributed by atoms with van der Waals surface area (Å²) in [7, 11) is 0. The van der Waals surface area contributed by atoms with Gasteiger partial charge in [0.25, 0.3) is 5.91 Å². The summed E-state index contributed by atoms with van der Waals surface area (Å²) in [6.07, 6.45) is 8.09. The highest BCUT2D eigenvalue weighted by molar-refractivity contribution is 5.89. The first-order valence-corrected chi connectivity index (χ1v) is 5.14. The van der Waals surface area contributed by atoms with Gasteiger partial charge in [0.15, 0.2) is 0 Å². The summed E-state index contributed by atoms with van der Waals surface area (Å²) in [5.74, 6) is -0.0985. The first-order chi connectivity index (χ1) is 8.22. The van der Waals surface area contributed by atoms with E-state index >= 15 is 0 Å². The minimum atomic E-state index is -0.293. The van der Waals surface area contributed by atoms with Crippen LogP contribution >= 0.6 is 0 Å². The van der Waals surface area contributed by atoms with Gasteiger partial charge in [-0.3, -0.25) is 4.79 Å². The molecule has 0 aliphatic heterocycles. The van der Waals surface area contributed by atoms with Crippen molar-refractivity contribution in [3.05, 3.63) is 54.1 Å². The molecule has 0 spiro atoms. The maximum atomic E-state index is 11.2. The minimum absolute atomic E-state index is 0.195. The van der Waals surface area contributed by atoms with Gasteiger partial charge in [0.05, 0.1) is 6.21 Å². The van der Waals surface area contributed by atoms with Gasteiger partial charge in [-0.2, -0.15) is 5.10 Å². The van der Waals surface area contributed by atoms with Crippen LogP contribution < -0.4 is 5.43 Å². The van der Waals surface area contributed by atoms with Crippen LogP contribution in [0.15, 0.2) is 53.7 Å². The molecule has 0 saturated carbocycles. The van der Waals surface area contributed by atoms with E-state index in [1.165, 1.54) is 12.3 Å². The van der Waals surface area contributed by atoms with Crippen LogP contribution in [-0.4, -0.2) is 17.2 Å². The number of phenolic OH excluding ortho intramolecular Hbond substituents is 1. The number of carbonyl (C=O) groups excluding carboxylic acids is 1. The number of hydrogen-bond donors (Lipinski definition) is 2. The van der Waals surface area contributed by atoms with Crippen molar-refractivity contribution < 1.29 is 9.90 Å². The quantitative estimate of drug-likeness (QED) is 0.359. The molecule has 4 heteroatoms. The fourth-order valence-electron chi connectivity index (χ4n) is 1.02. The number of phenols is 1. The number of nitrogens with zero attached hydrogens (tertiary/aromatic N) is 1. The van der Waals surface area contributed by atoms with Crippen molar-refractivity contribution in [3.8, 4) is 5.75 Å². The molecule has 4 nitrogen and oxygen atoms in total. The summed E-state index contributed by atoms with van der Waals surface area (Å²) in [4.78, 5) is 11.2. The Morgan fingerprint density at radius 1 is 1.29 bits per heavy atom. The average molecular weight is 230 g/mol. The predicted molar refractivity (Wildman–Crippen MR) is 67.8 cm³/mol. The Morgan fingerprint density at radius 3 is 2.65 bits per heavy atom. The Labute approximate surface area is 100.0 Å². The van der Waals surface area contributed by atoms with Gasteiger partial charge in [0.2, 0.25) is 0 Å². The zero-order valence-electron chi connectivity index (χ0n) is 9.50. The van der Waals surface area contributed by atoms with Crippen molar-refractivity contribution in [1.29, 1.82) is 0 Å². The number of carbonyl (C=O) groups is 1. The molecule has 0 saturated heterocycles. The van der Waals surface area contributed by atoms with Crippen LogP contribution in [0.4, 0.5) is 0 Å². The van der Waals surface area contributed by atoms with Crippen molar-refractivity contribution >= 4 is 12.1 Å². The molecular formula is C13H14N2O2. The van der Waals surface area contributed by atoms with Crippen molar-refractivity contribution in [2.75, 3.05) is 0 Å². The van der Waals surface area contributed by atoms with Crippen LogP contribution in [0, 0.1) is 0 Å². The fraction of sp³-hybridized carbons (Fsp3) is 0.0769. The Morgan fingerprint density at radius 2 is 2.00 bits per heavy atom. The van der Waals surface area contributed by atoms with E-state index in [0.29, 0.717) is 0 Å². The molecule has 0 aliphatic carbocycles. The normalized spacial score (nSPS) is 11.6. The van der Waals surface area contributed by atoms with Gasteiger partial charge in [0.1, 0.15) is 5.75 Å².